The van der Waals surface area contributed by atoms with Gasteiger partial charge in [-0.15, -0.1) is 0 Å². The van der Waals surface area contributed by atoms with Gasteiger partial charge in [-0.2, -0.15) is 0 Å². The van der Waals surface area contributed by atoms with Crippen LogP contribution in [0.4, 0.5) is 0 Å². The molecule has 4 nitrogen and oxygen atoms in total. The molecule has 1 aromatic rings. The Kier molecular flexibility index (Phi) is 6.17. The zero-order valence-corrected chi connectivity index (χ0v) is 12.8. The van der Waals surface area contributed by atoms with Gasteiger partial charge in [-0.25, -0.2) is 0 Å². The Morgan fingerprint density at radius 2 is 1.95 bits per heavy atom. The zero-order valence-electron chi connectivity index (χ0n) is 12.8. The van der Waals surface area contributed by atoms with E-state index in [2.05, 4.69) is 0 Å². The molecule has 0 spiro atoms. The first kappa shape index (κ1) is 16.7. The largest absolute Gasteiger partial charge is 0.389 e. The summed E-state index contributed by atoms with van der Waals surface area (Å²) in [6, 6.07) is 9.76. The van der Waals surface area contributed by atoms with Crippen molar-refractivity contribution in [2.45, 2.75) is 46.0 Å². The molecule has 0 aliphatic carbocycles. The third-order valence-corrected chi connectivity index (χ3v) is 2.96. The fraction of sp³-hybridized carbons (Fsp3) is 0.562. The van der Waals surface area contributed by atoms with E-state index in [1.165, 1.54) is 0 Å². The molecule has 20 heavy (non-hydrogen) atoms. The van der Waals surface area contributed by atoms with Gasteiger partial charge in [0.2, 0.25) is 0 Å². The Morgan fingerprint density at radius 1 is 1.35 bits per heavy atom. The average molecular weight is 279 g/mol. The summed E-state index contributed by atoms with van der Waals surface area (Å²) in [7, 11) is 0. The number of rotatable bonds is 7. The molecule has 1 N–H and O–H groups in total. The Labute approximate surface area is 121 Å². The van der Waals surface area contributed by atoms with Gasteiger partial charge < -0.3 is 14.7 Å². The average Bonchev–Trinajstić information content (AvgIpc) is 2.41. The van der Waals surface area contributed by atoms with E-state index in [0.29, 0.717) is 19.7 Å². The van der Waals surface area contributed by atoms with Crippen LogP contribution in [0.2, 0.25) is 0 Å². The summed E-state index contributed by atoms with van der Waals surface area (Å²) in [5.41, 5.74) is 0.142. The van der Waals surface area contributed by atoms with Gasteiger partial charge in [0.15, 0.2) is 0 Å². The maximum atomic E-state index is 12.3. The molecule has 0 saturated carbocycles. The van der Waals surface area contributed by atoms with Crippen LogP contribution in [0.1, 0.15) is 33.3 Å². The summed E-state index contributed by atoms with van der Waals surface area (Å²) >= 11 is 0. The fourth-order valence-electron chi connectivity index (χ4n) is 1.94. The highest BCUT2D eigenvalue weighted by atomic mass is 16.5. The molecule has 0 heterocycles. The number of nitrogens with zero attached hydrogens (tertiary/aromatic N) is 1. The molecule has 112 valence electrons. The molecule has 0 aliphatic heterocycles. The van der Waals surface area contributed by atoms with Crippen LogP contribution in [0.3, 0.4) is 0 Å². The second-order valence-corrected chi connectivity index (χ2v) is 5.60. The molecule has 1 amide bonds. The Balaban J connectivity index is 2.52. The zero-order chi connectivity index (χ0) is 15.2. The van der Waals surface area contributed by atoms with Crippen molar-refractivity contribution in [3.8, 4) is 0 Å². The quantitative estimate of drug-likeness (QED) is 0.832. The number of benzene rings is 1. The second kappa shape index (κ2) is 7.41. The monoisotopic (exact) mass is 279 g/mol. The van der Waals surface area contributed by atoms with E-state index in [-0.39, 0.29) is 5.91 Å². The van der Waals surface area contributed by atoms with Gasteiger partial charge in [0.1, 0.15) is 6.10 Å². The van der Waals surface area contributed by atoms with E-state index in [4.69, 9.17) is 4.74 Å². The van der Waals surface area contributed by atoms with Crippen molar-refractivity contribution in [3.63, 3.8) is 0 Å². The van der Waals surface area contributed by atoms with Crippen LogP contribution in [-0.2, 0) is 16.1 Å². The van der Waals surface area contributed by atoms with Gasteiger partial charge >= 0.3 is 0 Å². The maximum Gasteiger partial charge on any atom is 0.251 e. The molecule has 1 unspecified atom stereocenters. The van der Waals surface area contributed by atoms with Crippen LogP contribution in [0, 0.1) is 0 Å². The van der Waals surface area contributed by atoms with Crippen molar-refractivity contribution in [2.24, 2.45) is 0 Å². The predicted octanol–water partition coefficient (Wildman–Crippen LogP) is 2.21. The number of likely N-dealkylation sites (N-methyl/N-ethyl adjacent to an activating group) is 1. The van der Waals surface area contributed by atoms with Gasteiger partial charge in [0, 0.05) is 13.1 Å². The Bertz CT molecular complexity index is 411. The van der Waals surface area contributed by atoms with Crippen molar-refractivity contribution in [1.82, 2.24) is 4.90 Å². The van der Waals surface area contributed by atoms with Gasteiger partial charge in [-0.1, -0.05) is 30.3 Å². The molecule has 1 rings (SSSR count). The van der Waals surface area contributed by atoms with Crippen LogP contribution < -0.4 is 0 Å². The van der Waals surface area contributed by atoms with E-state index in [1.807, 2.05) is 37.3 Å². The van der Waals surface area contributed by atoms with Gasteiger partial charge in [-0.05, 0) is 33.3 Å². The molecule has 4 heteroatoms. The van der Waals surface area contributed by atoms with Gasteiger partial charge in [0.25, 0.3) is 5.91 Å². The third-order valence-electron chi connectivity index (χ3n) is 2.96. The smallest absolute Gasteiger partial charge is 0.251 e. The number of aliphatic hydroxyl groups is 1. The summed E-state index contributed by atoms with van der Waals surface area (Å²) in [4.78, 5) is 13.9. The minimum Gasteiger partial charge on any atom is -0.389 e. The minimum absolute atomic E-state index is 0.0921. The van der Waals surface area contributed by atoms with E-state index in [0.717, 1.165) is 5.56 Å². The normalized spacial score (nSPS) is 13.1. The molecular weight excluding hydrogens is 254 g/mol. The molecule has 0 fully saturated rings. The van der Waals surface area contributed by atoms with Gasteiger partial charge in [0.05, 0.1) is 12.2 Å². The van der Waals surface area contributed by atoms with Crippen molar-refractivity contribution in [2.75, 3.05) is 13.1 Å². The highest BCUT2D eigenvalue weighted by Crippen LogP contribution is 2.09. The molecular formula is C16H25NO3. The third kappa shape index (κ3) is 5.72. The highest BCUT2D eigenvalue weighted by molar-refractivity contribution is 5.80. The van der Waals surface area contributed by atoms with Crippen LogP contribution in [-0.4, -0.2) is 40.7 Å². The minimum atomic E-state index is -0.898. The standard InChI is InChI=1S/C16H25NO3/c1-5-17(12-16(3,4)19)15(18)13(2)20-11-14-9-7-6-8-10-14/h6-10,13,19H,5,11-12H2,1-4H3. The summed E-state index contributed by atoms with van der Waals surface area (Å²) in [5.74, 6) is -0.0921. The van der Waals surface area contributed by atoms with Gasteiger partial charge in [-0.3, -0.25) is 4.79 Å². The van der Waals surface area contributed by atoms with E-state index in [1.54, 1.807) is 25.7 Å². The number of amides is 1. The summed E-state index contributed by atoms with van der Waals surface area (Å²) in [5, 5.41) is 9.82. The highest BCUT2D eigenvalue weighted by Gasteiger charge is 2.25. The lowest BCUT2D eigenvalue weighted by Crippen LogP contribution is -2.46. The molecule has 0 radical (unpaired) electrons. The lowest BCUT2D eigenvalue weighted by atomic mass is 10.1. The Morgan fingerprint density at radius 3 is 2.45 bits per heavy atom. The van der Waals surface area contributed by atoms with Crippen LogP contribution >= 0.6 is 0 Å². The maximum absolute atomic E-state index is 12.3. The predicted molar refractivity (Wildman–Crippen MR) is 79.2 cm³/mol. The first-order valence-electron chi connectivity index (χ1n) is 7.00. The van der Waals surface area contributed by atoms with E-state index in [9.17, 15) is 9.90 Å². The second-order valence-electron chi connectivity index (χ2n) is 5.60. The number of ether oxygens (including phenoxy) is 1. The molecule has 0 aromatic heterocycles. The van der Waals surface area contributed by atoms with Crippen molar-refractivity contribution in [1.29, 1.82) is 0 Å². The van der Waals surface area contributed by atoms with Crippen molar-refractivity contribution >= 4 is 5.91 Å². The van der Waals surface area contributed by atoms with Crippen molar-refractivity contribution in [3.05, 3.63) is 35.9 Å². The van der Waals surface area contributed by atoms with Crippen LogP contribution in [0.15, 0.2) is 30.3 Å². The van der Waals surface area contributed by atoms with Crippen molar-refractivity contribution < 1.29 is 14.6 Å². The lowest BCUT2D eigenvalue weighted by molar-refractivity contribution is -0.146. The molecule has 1 atom stereocenters. The first-order valence-corrected chi connectivity index (χ1v) is 7.00. The fourth-order valence-corrected chi connectivity index (χ4v) is 1.94. The summed E-state index contributed by atoms with van der Waals surface area (Å²) in [6.45, 7) is 8.31. The van der Waals surface area contributed by atoms with E-state index < -0.39 is 11.7 Å². The Hall–Kier alpha value is -1.39. The molecule has 1 aromatic carbocycles. The SMILES string of the molecule is CCN(CC(C)(C)O)C(=O)C(C)OCc1ccccc1. The number of carbonyl (C=O) groups is 1. The number of hydrogen-bond acceptors (Lipinski definition) is 3. The van der Waals surface area contributed by atoms with Crippen LogP contribution in [0.25, 0.3) is 0 Å². The summed E-state index contributed by atoms with van der Waals surface area (Å²) < 4.78 is 5.61. The number of carbonyl (C=O) groups excluding carboxylic acids is 1. The molecule has 0 aliphatic rings. The molecule has 0 bridgehead atoms. The van der Waals surface area contributed by atoms with E-state index >= 15 is 0 Å². The lowest BCUT2D eigenvalue weighted by Gasteiger charge is -2.30. The first-order chi connectivity index (χ1) is 9.33. The van der Waals surface area contributed by atoms with Crippen LogP contribution in [0.5, 0.6) is 0 Å². The summed E-state index contributed by atoms with van der Waals surface area (Å²) in [6.07, 6.45) is -0.516. The topological polar surface area (TPSA) is 49.8 Å². The molecule has 0 saturated heterocycles. The number of hydrogen-bond donors (Lipinski definition) is 1.